The maximum atomic E-state index is 11.9. The van der Waals surface area contributed by atoms with E-state index in [9.17, 15) is 4.79 Å². The molecule has 88 valence electrons. The van der Waals surface area contributed by atoms with Gasteiger partial charge in [0.25, 0.3) is 0 Å². The number of alkyl halides is 1. The van der Waals surface area contributed by atoms with Crippen molar-refractivity contribution in [1.29, 1.82) is 0 Å². The number of nitrogens with zero attached hydrogens (tertiary/aromatic N) is 1. The molecule has 3 unspecified atom stereocenters. The first kappa shape index (κ1) is 13.0. The van der Waals surface area contributed by atoms with Gasteiger partial charge in [0.15, 0.2) is 0 Å². The SMILES string of the molecule is CC(Br)CCN(C)C(=O)C1COC(C)C1. The number of carbonyl (C=O) groups excluding carboxylic acids is 1. The van der Waals surface area contributed by atoms with E-state index in [0.29, 0.717) is 11.4 Å². The van der Waals surface area contributed by atoms with Crippen LogP contribution < -0.4 is 0 Å². The Balaban J connectivity index is 2.32. The van der Waals surface area contributed by atoms with Crippen LogP contribution in [-0.4, -0.2) is 41.9 Å². The van der Waals surface area contributed by atoms with Crippen LogP contribution in [0.1, 0.15) is 26.7 Å². The zero-order valence-corrected chi connectivity index (χ0v) is 11.3. The monoisotopic (exact) mass is 277 g/mol. The molecule has 3 nitrogen and oxygen atoms in total. The van der Waals surface area contributed by atoms with Gasteiger partial charge < -0.3 is 9.64 Å². The number of amides is 1. The summed E-state index contributed by atoms with van der Waals surface area (Å²) in [6.45, 7) is 5.53. The summed E-state index contributed by atoms with van der Waals surface area (Å²) < 4.78 is 5.41. The molecule has 0 spiro atoms. The van der Waals surface area contributed by atoms with Crippen molar-refractivity contribution in [1.82, 2.24) is 4.90 Å². The number of hydrogen-bond acceptors (Lipinski definition) is 2. The Labute approximate surface area is 100 Å². The minimum absolute atomic E-state index is 0.0793. The topological polar surface area (TPSA) is 29.5 Å². The maximum absolute atomic E-state index is 11.9. The van der Waals surface area contributed by atoms with E-state index in [-0.39, 0.29) is 17.9 Å². The third-order valence-electron chi connectivity index (χ3n) is 2.79. The van der Waals surface area contributed by atoms with E-state index in [2.05, 4.69) is 22.9 Å². The van der Waals surface area contributed by atoms with Gasteiger partial charge in [-0.05, 0) is 19.8 Å². The molecule has 0 aromatic carbocycles. The largest absolute Gasteiger partial charge is 0.378 e. The van der Waals surface area contributed by atoms with Crippen molar-refractivity contribution in [2.75, 3.05) is 20.2 Å². The van der Waals surface area contributed by atoms with Crippen molar-refractivity contribution in [3.05, 3.63) is 0 Å². The maximum Gasteiger partial charge on any atom is 0.227 e. The Morgan fingerprint density at radius 2 is 2.33 bits per heavy atom. The molecule has 1 rings (SSSR count). The van der Waals surface area contributed by atoms with Crippen molar-refractivity contribution in [3.8, 4) is 0 Å². The fraction of sp³-hybridized carbons (Fsp3) is 0.909. The number of halogens is 1. The van der Waals surface area contributed by atoms with Gasteiger partial charge in [-0.1, -0.05) is 22.9 Å². The van der Waals surface area contributed by atoms with E-state index in [0.717, 1.165) is 19.4 Å². The van der Waals surface area contributed by atoms with Crippen LogP contribution in [-0.2, 0) is 9.53 Å². The van der Waals surface area contributed by atoms with Crippen LogP contribution in [0.2, 0.25) is 0 Å². The molecule has 0 saturated carbocycles. The minimum atomic E-state index is 0.0793. The van der Waals surface area contributed by atoms with Crippen LogP contribution in [0.3, 0.4) is 0 Å². The lowest BCUT2D eigenvalue weighted by molar-refractivity contribution is -0.134. The highest BCUT2D eigenvalue weighted by atomic mass is 79.9. The molecular formula is C11H20BrNO2. The summed E-state index contributed by atoms with van der Waals surface area (Å²) >= 11 is 3.48. The molecule has 1 heterocycles. The average Bonchev–Trinajstić information content (AvgIpc) is 2.60. The summed E-state index contributed by atoms with van der Waals surface area (Å²) in [5, 5.41) is 0. The molecule has 0 aromatic heterocycles. The van der Waals surface area contributed by atoms with Gasteiger partial charge in [-0.2, -0.15) is 0 Å². The van der Waals surface area contributed by atoms with Gasteiger partial charge in [-0.3, -0.25) is 4.79 Å². The van der Waals surface area contributed by atoms with Crippen LogP contribution in [0.15, 0.2) is 0 Å². The fourth-order valence-electron chi connectivity index (χ4n) is 1.78. The lowest BCUT2D eigenvalue weighted by Crippen LogP contribution is -2.34. The van der Waals surface area contributed by atoms with Crippen molar-refractivity contribution in [2.24, 2.45) is 5.92 Å². The third kappa shape index (κ3) is 4.11. The quantitative estimate of drug-likeness (QED) is 0.736. The normalized spacial score (nSPS) is 27.7. The van der Waals surface area contributed by atoms with E-state index >= 15 is 0 Å². The van der Waals surface area contributed by atoms with Crippen LogP contribution in [0.5, 0.6) is 0 Å². The second-order valence-corrected chi connectivity index (χ2v) is 5.97. The van der Waals surface area contributed by atoms with Gasteiger partial charge in [0.1, 0.15) is 0 Å². The first-order chi connectivity index (χ1) is 7.00. The molecule has 0 bridgehead atoms. The van der Waals surface area contributed by atoms with Crippen LogP contribution in [0.25, 0.3) is 0 Å². The molecule has 1 amide bonds. The Bertz CT molecular complexity index is 221. The average molecular weight is 278 g/mol. The third-order valence-corrected chi connectivity index (χ3v) is 3.24. The molecule has 0 radical (unpaired) electrons. The van der Waals surface area contributed by atoms with Gasteiger partial charge >= 0.3 is 0 Å². The highest BCUT2D eigenvalue weighted by Gasteiger charge is 2.30. The zero-order valence-electron chi connectivity index (χ0n) is 9.70. The highest BCUT2D eigenvalue weighted by molar-refractivity contribution is 9.09. The van der Waals surface area contributed by atoms with E-state index in [4.69, 9.17) is 4.74 Å². The van der Waals surface area contributed by atoms with E-state index < -0.39 is 0 Å². The molecule has 0 N–H and O–H groups in total. The summed E-state index contributed by atoms with van der Waals surface area (Å²) in [5.41, 5.74) is 0. The Hall–Kier alpha value is -0.0900. The molecule has 1 saturated heterocycles. The highest BCUT2D eigenvalue weighted by Crippen LogP contribution is 2.21. The minimum Gasteiger partial charge on any atom is -0.378 e. The molecule has 15 heavy (non-hydrogen) atoms. The smallest absolute Gasteiger partial charge is 0.227 e. The number of carbonyl (C=O) groups is 1. The van der Waals surface area contributed by atoms with Crippen molar-refractivity contribution in [2.45, 2.75) is 37.6 Å². The molecule has 0 aliphatic carbocycles. The Morgan fingerprint density at radius 1 is 1.67 bits per heavy atom. The summed E-state index contributed by atoms with van der Waals surface area (Å²) in [6.07, 6.45) is 2.10. The standard InChI is InChI=1S/C11H20BrNO2/c1-8(12)4-5-13(3)11(14)10-6-9(2)15-7-10/h8-10H,4-7H2,1-3H3. The zero-order chi connectivity index (χ0) is 11.4. The Kier molecular flexibility index (Phi) is 5.06. The molecule has 3 atom stereocenters. The number of rotatable bonds is 4. The van der Waals surface area contributed by atoms with E-state index in [1.54, 1.807) is 0 Å². The van der Waals surface area contributed by atoms with Gasteiger partial charge in [0.2, 0.25) is 5.91 Å². The molecular weight excluding hydrogens is 258 g/mol. The van der Waals surface area contributed by atoms with Crippen molar-refractivity contribution in [3.63, 3.8) is 0 Å². The molecule has 4 heteroatoms. The van der Waals surface area contributed by atoms with Gasteiger partial charge in [-0.25, -0.2) is 0 Å². The van der Waals surface area contributed by atoms with Gasteiger partial charge in [-0.15, -0.1) is 0 Å². The van der Waals surface area contributed by atoms with Crippen molar-refractivity contribution < 1.29 is 9.53 Å². The molecule has 1 fully saturated rings. The summed E-state index contributed by atoms with van der Waals surface area (Å²) in [7, 11) is 1.88. The predicted molar refractivity (Wildman–Crippen MR) is 64.2 cm³/mol. The predicted octanol–water partition coefficient (Wildman–Crippen LogP) is 2.04. The number of ether oxygens (including phenoxy) is 1. The first-order valence-corrected chi connectivity index (χ1v) is 6.43. The number of hydrogen-bond donors (Lipinski definition) is 0. The van der Waals surface area contributed by atoms with Crippen LogP contribution in [0.4, 0.5) is 0 Å². The van der Waals surface area contributed by atoms with Crippen LogP contribution >= 0.6 is 15.9 Å². The van der Waals surface area contributed by atoms with Gasteiger partial charge in [0.05, 0.1) is 18.6 Å². The Morgan fingerprint density at radius 3 is 2.80 bits per heavy atom. The second kappa shape index (κ2) is 5.85. The molecule has 1 aliphatic rings. The summed E-state index contributed by atoms with van der Waals surface area (Å²) in [5.74, 6) is 0.308. The molecule has 0 aromatic rings. The van der Waals surface area contributed by atoms with Crippen LogP contribution in [0, 0.1) is 5.92 Å². The first-order valence-electron chi connectivity index (χ1n) is 5.51. The lowest BCUT2D eigenvalue weighted by atomic mass is 10.0. The van der Waals surface area contributed by atoms with E-state index in [1.807, 2.05) is 18.9 Å². The van der Waals surface area contributed by atoms with E-state index in [1.165, 1.54) is 0 Å². The summed E-state index contributed by atoms with van der Waals surface area (Å²) in [6, 6.07) is 0. The van der Waals surface area contributed by atoms with Crippen molar-refractivity contribution >= 4 is 21.8 Å². The second-order valence-electron chi connectivity index (χ2n) is 4.41. The summed E-state index contributed by atoms with van der Waals surface area (Å²) in [4.78, 5) is 14.2. The van der Waals surface area contributed by atoms with Gasteiger partial charge in [0, 0.05) is 18.4 Å². The molecule has 1 aliphatic heterocycles. The lowest BCUT2D eigenvalue weighted by Gasteiger charge is -2.20. The fourth-order valence-corrected chi connectivity index (χ4v) is 1.99.